The molecule has 4 heteroatoms. The minimum absolute atomic E-state index is 0.238. The van der Waals surface area contributed by atoms with E-state index in [-0.39, 0.29) is 5.60 Å². The van der Waals surface area contributed by atoms with Crippen molar-refractivity contribution in [2.75, 3.05) is 7.11 Å². The van der Waals surface area contributed by atoms with Crippen molar-refractivity contribution in [1.82, 2.24) is 15.3 Å². The van der Waals surface area contributed by atoms with E-state index in [9.17, 15) is 0 Å². The van der Waals surface area contributed by atoms with Gasteiger partial charge >= 0.3 is 0 Å². The van der Waals surface area contributed by atoms with Gasteiger partial charge in [0, 0.05) is 31.5 Å². The number of aryl methyl sites for hydroxylation is 1. The molecule has 3 rings (SSSR count). The Bertz CT molecular complexity index is 481. The van der Waals surface area contributed by atoms with E-state index >= 15 is 0 Å². The molecule has 0 atom stereocenters. The highest BCUT2D eigenvalue weighted by Crippen LogP contribution is 2.39. The molecule has 4 nitrogen and oxygen atoms in total. The fraction of sp³-hybridized carbons (Fsp3) is 0.750. The third kappa shape index (κ3) is 2.35. The molecule has 0 aromatic carbocycles. The first-order valence-corrected chi connectivity index (χ1v) is 7.94. The van der Waals surface area contributed by atoms with Crippen LogP contribution < -0.4 is 5.32 Å². The van der Waals surface area contributed by atoms with E-state index in [1.807, 2.05) is 7.11 Å². The minimum atomic E-state index is -0.238. The molecule has 1 aromatic heterocycles. The smallest absolute Gasteiger partial charge is 0.160 e. The molecule has 1 aliphatic heterocycles. The number of nitrogens with one attached hydrogen (secondary N) is 1. The number of ether oxygens (including phenoxy) is 1. The van der Waals surface area contributed by atoms with Crippen LogP contribution in [0, 0.1) is 0 Å². The number of rotatable bonds is 4. The van der Waals surface area contributed by atoms with Gasteiger partial charge in [0.25, 0.3) is 0 Å². The van der Waals surface area contributed by atoms with Crippen LogP contribution in [0.25, 0.3) is 0 Å². The Morgan fingerprint density at radius 2 is 1.95 bits per heavy atom. The van der Waals surface area contributed by atoms with Crippen molar-refractivity contribution in [3.8, 4) is 0 Å². The minimum Gasteiger partial charge on any atom is -0.370 e. The Morgan fingerprint density at radius 1 is 1.15 bits per heavy atom. The predicted molar refractivity (Wildman–Crippen MR) is 78.3 cm³/mol. The number of hydrogen-bond acceptors (Lipinski definition) is 4. The second-order valence-corrected chi connectivity index (χ2v) is 6.03. The molecular weight excluding hydrogens is 250 g/mol. The third-order valence-corrected chi connectivity index (χ3v) is 4.72. The van der Waals surface area contributed by atoms with Crippen LogP contribution in [0.15, 0.2) is 0 Å². The van der Waals surface area contributed by atoms with Crippen molar-refractivity contribution in [1.29, 1.82) is 0 Å². The van der Waals surface area contributed by atoms with Gasteiger partial charge in [-0.15, -0.1) is 0 Å². The molecule has 0 unspecified atom stereocenters. The fourth-order valence-electron chi connectivity index (χ4n) is 3.53. The van der Waals surface area contributed by atoms with Gasteiger partial charge in [0.15, 0.2) is 5.82 Å². The first kappa shape index (κ1) is 14.0. The van der Waals surface area contributed by atoms with Gasteiger partial charge in [-0.1, -0.05) is 32.6 Å². The molecule has 0 radical (unpaired) electrons. The molecular formula is C16H25N3O. The maximum Gasteiger partial charge on any atom is 0.160 e. The molecule has 0 saturated heterocycles. The predicted octanol–water partition coefficient (Wildman–Crippen LogP) is 2.84. The highest BCUT2D eigenvalue weighted by molar-refractivity contribution is 5.30. The second-order valence-electron chi connectivity index (χ2n) is 6.03. The summed E-state index contributed by atoms with van der Waals surface area (Å²) in [7, 11) is 1.82. The quantitative estimate of drug-likeness (QED) is 0.918. The fourth-order valence-corrected chi connectivity index (χ4v) is 3.53. The van der Waals surface area contributed by atoms with Crippen LogP contribution in [0.3, 0.4) is 0 Å². The molecule has 2 aliphatic rings. The summed E-state index contributed by atoms with van der Waals surface area (Å²) in [6.45, 7) is 4.01. The Morgan fingerprint density at radius 3 is 2.65 bits per heavy atom. The van der Waals surface area contributed by atoms with Gasteiger partial charge in [0.05, 0.1) is 5.69 Å². The summed E-state index contributed by atoms with van der Waals surface area (Å²) >= 11 is 0. The standard InChI is InChI=1S/C16H25N3O/c1-3-7-13-12-10-17-11-14(12)19-15(18-13)16(20-2)8-5-4-6-9-16/h17H,3-11H2,1-2H3. The number of hydrogen-bond donors (Lipinski definition) is 1. The van der Waals surface area contributed by atoms with Crippen LogP contribution in [-0.2, 0) is 29.8 Å². The highest BCUT2D eigenvalue weighted by Gasteiger charge is 2.38. The van der Waals surface area contributed by atoms with E-state index in [2.05, 4.69) is 12.2 Å². The van der Waals surface area contributed by atoms with Crippen molar-refractivity contribution >= 4 is 0 Å². The van der Waals surface area contributed by atoms with Crippen molar-refractivity contribution in [3.05, 3.63) is 22.8 Å². The van der Waals surface area contributed by atoms with Crippen molar-refractivity contribution in [2.45, 2.75) is 70.6 Å². The summed E-state index contributed by atoms with van der Waals surface area (Å²) in [6.07, 6.45) is 8.02. The molecule has 1 saturated carbocycles. The lowest BCUT2D eigenvalue weighted by molar-refractivity contribution is -0.0517. The average molecular weight is 275 g/mol. The van der Waals surface area contributed by atoms with Gasteiger partial charge in [-0.25, -0.2) is 9.97 Å². The second kappa shape index (κ2) is 5.78. The Kier molecular flexibility index (Phi) is 4.03. The summed E-state index contributed by atoms with van der Waals surface area (Å²) < 4.78 is 5.91. The molecule has 0 amide bonds. The number of fused-ring (bicyclic) bond motifs is 1. The monoisotopic (exact) mass is 275 g/mol. The zero-order valence-corrected chi connectivity index (χ0v) is 12.7. The van der Waals surface area contributed by atoms with Crippen molar-refractivity contribution in [3.63, 3.8) is 0 Å². The topological polar surface area (TPSA) is 47.0 Å². The van der Waals surface area contributed by atoms with E-state index in [0.717, 1.165) is 44.6 Å². The van der Waals surface area contributed by atoms with Crippen molar-refractivity contribution in [2.24, 2.45) is 0 Å². The summed E-state index contributed by atoms with van der Waals surface area (Å²) in [4.78, 5) is 9.79. The molecule has 1 aromatic rings. The van der Waals surface area contributed by atoms with Gasteiger partial charge in [-0.2, -0.15) is 0 Å². The lowest BCUT2D eigenvalue weighted by atomic mass is 9.83. The molecule has 2 heterocycles. The molecule has 20 heavy (non-hydrogen) atoms. The summed E-state index contributed by atoms with van der Waals surface area (Å²) in [5.74, 6) is 0.936. The van der Waals surface area contributed by atoms with Crippen LogP contribution in [-0.4, -0.2) is 17.1 Å². The molecule has 1 fully saturated rings. The van der Waals surface area contributed by atoms with Crippen LogP contribution in [0.5, 0.6) is 0 Å². The van der Waals surface area contributed by atoms with E-state index < -0.39 is 0 Å². The molecule has 0 bridgehead atoms. The number of nitrogens with zero attached hydrogens (tertiary/aromatic N) is 2. The zero-order chi connectivity index (χ0) is 14.0. The van der Waals surface area contributed by atoms with Gasteiger partial charge < -0.3 is 10.1 Å². The maximum atomic E-state index is 5.91. The zero-order valence-electron chi connectivity index (χ0n) is 12.7. The Hall–Kier alpha value is -1.00. The largest absolute Gasteiger partial charge is 0.370 e. The Balaban J connectivity index is 2.02. The Labute approximate surface area is 121 Å². The van der Waals surface area contributed by atoms with Crippen LogP contribution in [0.2, 0.25) is 0 Å². The normalized spacial score (nSPS) is 20.9. The summed E-state index contributed by atoms with van der Waals surface area (Å²) in [5.41, 5.74) is 3.52. The van der Waals surface area contributed by atoms with E-state index in [0.29, 0.717) is 0 Å². The van der Waals surface area contributed by atoms with Crippen LogP contribution in [0.1, 0.15) is 68.2 Å². The first-order valence-electron chi connectivity index (χ1n) is 7.94. The van der Waals surface area contributed by atoms with Crippen LogP contribution >= 0.6 is 0 Å². The van der Waals surface area contributed by atoms with Crippen molar-refractivity contribution < 1.29 is 4.74 Å². The lowest BCUT2D eigenvalue weighted by Crippen LogP contribution is -2.34. The highest BCUT2D eigenvalue weighted by atomic mass is 16.5. The third-order valence-electron chi connectivity index (χ3n) is 4.72. The maximum absolute atomic E-state index is 5.91. The molecule has 1 N–H and O–H groups in total. The molecule has 1 aliphatic carbocycles. The van der Waals surface area contributed by atoms with Gasteiger partial charge in [-0.3, -0.25) is 0 Å². The number of methoxy groups -OCH3 is 1. The first-order chi connectivity index (χ1) is 9.79. The van der Waals surface area contributed by atoms with E-state index in [1.165, 1.54) is 36.2 Å². The van der Waals surface area contributed by atoms with E-state index in [1.54, 1.807) is 0 Å². The number of aromatic nitrogens is 2. The van der Waals surface area contributed by atoms with Gasteiger partial charge in [0.1, 0.15) is 5.60 Å². The SMILES string of the molecule is CCCc1nc(C2(OC)CCCCC2)nc2c1CNC2. The van der Waals surface area contributed by atoms with Gasteiger partial charge in [0.2, 0.25) is 0 Å². The summed E-state index contributed by atoms with van der Waals surface area (Å²) in [5, 5.41) is 3.40. The average Bonchev–Trinajstić information content (AvgIpc) is 2.97. The van der Waals surface area contributed by atoms with Crippen LogP contribution in [0.4, 0.5) is 0 Å². The molecule has 0 spiro atoms. The van der Waals surface area contributed by atoms with Gasteiger partial charge in [-0.05, 0) is 19.3 Å². The molecule has 110 valence electrons. The lowest BCUT2D eigenvalue weighted by Gasteiger charge is -2.35. The summed E-state index contributed by atoms with van der Waals surface area (Å²) in [6, 6.07) is 0. The van der Waals surface area contributed by atoms with E-state index in [4.69, 9.17) is 14.7 Å².